The molecule has 0 radical (unpaired) electrons. The Morgan fingerprint density at radius 3 is 2.15 bits per heavy atom. The van der Waals surface area contributed by atoms with Crippen molar-refractivity contribution in [2.45, 2.75) is 23.1 Å². The number of hydrogen-bond donors (Lipinski definition) is 3. The highest BCUT2D eigenvalue weighted by Crippen LogP contribution is 2.37. The first-order valence-electron chi connectivity index (χ1n) is 12.8. The van der Waals surface area contributed by atoms with Gasteiger partial charge in [-0.2, -0.15) is 35.0 Å². The molecule has 21 heteroatoms. The Morgan fingerprint density at radius 1 is 0.870 bits per heavy atom. The first-order valence-corrected chi connectivity index (χ1v) is 18.8. The number of rotatable bonds is 13. The average Bonchev–Trinajstić information content (AvgIpc) is 3.25. The molecule has 0 amide bonds. The summed E-state index contributed by atoms with van der Waals surface area (Å²) in [6.45, 7) is 0.656. The molecule has 0 aliphatic carbocycles. The molecule has 17 nitrogen and oxygen atoms in total. The van der Waals surface area contributed by atoms with E-state index in [1.165, 1.54) is 55.5 Å². The van der Waals surface area contributed by atoms with Crippen LogP contribution in [0.2, 0.25) is 0 Å². The number of nitrogens with zero attached hydrogens (tertiary/aromatic N) is 4. The number of aromatic hydroxyl groups is 1. The first kappa shape index (κ1) is 35.0. The summed E-state index contributed by atoms with van der Waals surface area (Å²) in [6.07, 6.45) is 0.0852. The molecule has 4 rings (SSSR count). The summed E-state index contributed by atoms with van der Waals surface area (Å²) in [5.41, 5.74) is 0.450. The van der Waals surface area contributed by atoms with Crippen LogP contribution in [0.15, 0.2) is 74.6 Å². The van der Waals surface area contributed by atoms with E-state index in [1.54, 1.807) is 6.07 Å². The molecule has 46 heavy (non-hydrogen) atoms. The van der Waals surface area contributed by atoms with Crippen LogP contribution in [-0.4, -0.2) is 82.9 Å². The monoisotopic (exact) mass is 718 g/mol. The highest BCUT2D eigenvalue weighted by atomic mass is 32.3. The minimum atomic E-state index is -4.86. The number of aromatic nitrogens is 2. The minimum Gasteiger partial charge on any atom is -0.492 e. The maximum Gasteiger partial charge on any atom is 0.397 e. The molecule has 4 aromatic rings. The molecule has 0 aliphatic heterocycles. The average molecular weight is 719 g/mol. The molecular weight excluding hydrogens is 693 g/mol. The number of sulfone groups is 1. The SMILES string of the molecule is COS(=O)(=O)CCc1ccc2c(S(=O)(=O)O)c(N=Nc3c(C)nn(-c4ccc(S(=O)(=O)CCOS(=O)(=O)O)cc4)c3O)ccc2c1. The molecule has 0 unspecified atom stereocenters. The van der Waals surface area contributed by atoms with Gasteiger partial charge in [0, 0.05) is 5.39 Å². The highest BCUT2D eigenvalue weighted by molar-refractivity contribution is 7.91. The number of aryl methyl sites for hydroxylation is 2. The van der Waals surface area contributed by atoms with Crippen LogP contribution in [0.25, 0.3) is 16.5 Å². The number of benzene rings is 3. The molecule has 0 fully saturated rings. The van der Waals surface area contributed by atoms with Gasteiger partial charge in [-0.05, 0) is 54.6 Å². The van der Waals surface area contributed by atoms with Crippen molar-refractivity contribution in [3.8, 4) is 11.6 Å². The molecule has 3 aromatic carbocycles. The van der Waals surface area contributed by atoms with Gasteiger partial charge in [0.05, 0.1) is 41.5 Å². The fraction of sp³-hybridized carbons (Fsp3) is 0.240. The van der Waals surface area contributed by atoms with Crippen molar-refractivity contribution in [2.24, 2.45) is 10.2 Å². The summed E-state index contributed by atoms with van der Waals surface area (Å²) < 4.78 is 122. The van der Waals surface area contributed by atoms with E-state index in [-0.39, 0.29) is 45.2 Å². The van der Waals surface area contributed by atoms with E-state index in [2.05, 4.69) is 23.7 Å². The topological polar surface area (TPSA) is 258 Å². The summed E-state index contributed by atoms with van der Waals surface area (Å²) in [5.74, 6) is -1.59. The van der Waals surface area contributed by atoms with Crippen LogP contribution in [0.4, 0.5) is 11.4 Å². The van der Waals surface area contributed by atoms with E-state index in [1.807, 2.05) is 0 Å². The Kier molecular flexibility index (Phi) is 9.99. The lowest BCUT2D eigenvalue weighted by atomic mass is 10.0. The van der Waals surface area contributed by atoms with E-state index in [4.69, 9.17) is 4.55 Å². The van der Waals surface area contributed by atoms with Gasteiger partial charge in [0.1, 0.15) is 10.6 Å². The van der Waals surface area contributed by atoms with Crippen molar-refractivity contribution in [1.82, 2.24) is 9.78 Å². The molecule has 0 aliphatic rings. The third kappa shape index (κ3) is 8.30. The Morgan fingerprint density at radius 2 is 1.54 bits per heavy atom. The lowest BCUT2D eigenvalue weighted by Crippen LogP contribution is -2.15. The van der Waals surface area contributed by atoms with E-state index < -0.39 is 63.6 Å². The zero-order chi connectivity index (χ0) is 34.1. The zero-order valence-electron chi connectivity index (χ0n) is 23.9. The maximum atomic E-state index is 12.4. The Hall–Kier alpha value is -3.83. The zero-order valence-corrected chi connectivity index (χ0v) is 27.1. The van der Waals surface area contributed by atoms with Crippen molar-refractivity contribution in [3.63, 3.8) is 0 Å². The van der Waals surface area contributed by atoms with Gasteiger partial charge in [-0.25, -0.2) is 12.6 Å². The third-order valence-corrected chi connectivity index (χ3v) is 10.8. The van der Waals surface area contributed by atoms with Gasteiger partial charge in [-0.15, -0.1) is 10.2 Å². The summed E-state index contributed by atoms with van der Waals surface area (Å²) in [6, 6.07) is 12.1. The standard InChI is InChI=1S/C25H26N4O13S4/c1-16-23(25(30)29(28-16)19-5-7-20(8-6-19)43(31,32)14-12-42-46(38,39)40)27-26-22-10-4-18-15-17(11-13-44(33,34)41-2)3-9-21(18)24(22)45(35,36)37/h3-10,15,30H,11-14H2,1-2H3,(H,35,36,37)(H,38,39,40). The van der Waals surface area contributed by atoms with Crippen LogP contribution in [0, 0.1) is 6.92 Å². The van der Waals surface area contributed by atoms with Gasteiger partial charge in [0.15, 0.2) is 15.5 Å². The van der Waals surface area contributed by atoms with Crippen LogP contribution in [0.3, 0.4) is 0 Å². The van der Waals surface area contributed by atoms with Crippen LogP contribution in [0.5, 0.6) is 5.88 Å². The molecule has 0 bridgehead atoms. The Bertz CT molecular complexity index is 2270. The number of hydrogen-bond acceptors (Lipinski definition) is 14. The molecule has 1 heterocycles. The first-order chi connectivity index (χ1) is 21.3. The van der Waals surface area contributed by atoms with Gasteiger partial charge < -0.3 is 5.11 Å². The van der Waals surface area contributed by atoms with Crippen molar-refractivity contribution in [1.29, 1.82) is 0 Å². The van der Waals surface area contributed by atoms with Gasteiger partial charge in [-0.3, -0.25) is 13.3 Å². The Labute approximate surface area is 263 Å². The predicted octanol–water partition coefficient (Wildman–Crippen LogP) is 2.81. The Balaban J connectivity index is 1.63. The lowest BCUT2D eigenvalue weighted by Gasteiger charge is -2.09. The van der Waals surface area contributed by atoms with Gasteiger partial charge in [0.2, 0.25) is 5.88 Å². The van der Waals surface area contributed by atoms with E-state index in [0.29, 0.717) is 10.9 Å². The van der Waals surface area contributed by atoms with Gasteiger partial charge in [0.25, 0.3) is 20.2 Å². The van der Waals surface area contributed by atoms with Gasteiger partial charge in [-0.1, -0.05) is 24.3 Å². The van der Waals surface area contributed by atoms with Crippen molar-refractivity contribution >= 4 is 62.6 Å². The fourth-order valence-electron chi connectivity index (χ4n) is 4.24. The largest absolute Gasteiger partial charge is 0.492 e. The molecule has 3 N–H and O–H groups in total. The molecule has 248 valence electrons. The second-order valence-corrected chi connectivity index (χ2v) is 16.0. The third-order valence-electron chi connectivity index (χ3n) is 6.45. The van der Waals surface area contributed by atoms with Crippen LogP contribution >= 0.6 is 0 Å². The van der Waals surface area contributed by atoms with E-state index in [9.17, 15) is 43.3 Å². The molecule has 0 spiro atoms. The fourth-order valence-corrected chi connectivity index (χ4v) is 7.22. The highest BCUT2D eigenvalue weighted by Gasteiger charge is 2.22. The summed E-state index contributed by atoms with van der Waals surface area (Å²) in [7, 11) is -16.4. The molecule has 0 atom stereocenters. The van der Waals surface area contributed by atoms with Crippen LogP contribution < -0.4 is 0 Å². The summed E-state index contributed by atoms with van der Waals surface area (Å²) in [5, 5.41) is 23.3. The maximum absolute atomic E-state index is 12.4. The summed E-state index contributed by atoms with van der Waals surface area (Å²) in [4.78, 5) is -0.784. The van der Waals surface area contributed by atoms with Gasteiger partial charge >= 0.3 is 10.4 Å². The molecular formula is C25H26N4O13S4. The second-order valence-electron chi connectivity index (χ2n) is 9.55. The van der Waals surface area contributed by atoms with Crippen LogP contribution in [0.1, 0.15) is 11.3 Å². The smallest absolute Gasteiger partial charge is 0.397 e. The number of fused-ring (bicyclic) bond motifs is 1. The predicted molar refractivity (Wildman–Crippen MR) is 162 cm³/mol. The number of azo groups is 1. The van der Waals surface area contributed by atoms with Crippen LogP contribution in [-0.2, 0) is 55.3 Å². The normalized spacial score (nSPS) is 13.1. The lowest BCUT2D eigenvalue weighted by molar-refractivity contribution is 0.284. The summed E-state index contributed by atoms with van der Waals surface area (Å²) >= 11 is 0. The van der Waals surface area contributed by atoms with E-state index >= 15 is 0 Å². The van der Waals surface area contributed by atoms with Crippen molar-refractivity contribution < 1.29 is 56.2 Å². The van der Waals surface area contributed by atoms with Crippen molar-refractivity contribution in [2.75, 3.05) is 25.2 Å². The van der Waals surface area contributed by atoms with Crippen molar-refractivity contribution in [3.05, 3.63) is 65.9 Å². The minimum absolute atomic E-state index is 0.0773. The quantitative estimate of drug-likeness (QED) is 0.102. The second kappa shape index (κ2) is 13.1. The molecule has 0 saturated carbocycles. The molecule has 1 aromatic heterocycles. The van der Waals surface area contributed by atoms with E-state index in [0.717, 1.165) is 11.8 Å². The molecule has 0 saturated heterocycles.